The minimum Gasteiger partial charge on any atom is -0.375 e. The molecule has 0 amide bonds. The van der Waals surface area contributed by atoms with E-state index in [1.807, 2.05) is 0 Å². The fourth-order valence-corrected chi connectivity index (χ4v) is 2.54. The highest BCUT2D eigenvalue weighted by molar-refractivity contribution is 9.10. The lowest BCUT2D eigenvalue weighted by Crippen LogP contribution is -2.13. The van der Waals surface area contributed by atoms with Crippen molar-refractivity contribution in [3.05, 3.63) is 48.3 Å². The van der Waals surface area contributed by atoms with Gasteiger partial charge in [-0.2, -0.15) is 0 Å². The van der Waals surface area contributed by atoms with Gasteiger partial charge >= 0.3 is 5.69 Å². The Kier molecular flexibility index (Phi) is 3.43. The largest absolute Gasteiger partial charge is 0.375 e. The molecule has 2 N–H and O–H groups in total. The molecule has 9 heteroatoms. The van der Waals surface area contributed by atoms with Gasteiger partial charge in [0.15, 0.2) is 5.13 Å². The fraction of sp³-hybridized carbons (Fsp3) is 0.111. The summed E-state index contributed by atoms with van der Waals surface area (Å²) in [5.41, 5.74) is 4.39. The van der Waals surface area contributed by atoms with Crippen LogP contribution in [0.1, 0.15) is 4.88 Å². The van der Waals surface area contributed by atoms with Gasteiger partial charge < -0.3 is 10.3 Å². The van der Waals surface area contributed by atoms with Crippen LogP contribution in [0, 0.1) is 10.1 Å². The molecule has 2 rings (SSSR count). The van der Waals surface area contributed by atoms with Gasteiger partial charge in [-0.1, -0.05) is 0 Å². The number of hydrogen-bond acceptors (Lipinski definition) is 6. The van der Waals surface area contributed by atoms with Crippen molar-refractivity contribution in [3.8, 4) is 0 Å². The molecule has 0 aliphatic carbocycles. The predicted octanol–water partition coefficient (Wildman–Crippen LogP) is 1.61. The molecule has 0 radical (unpaired) electrons. The molecule has 0 bridgehead atoms. The van der Waals surface area contributed by atoms with Gasteiger partial charge in [-0.3, -0.25) is 14.9 Å². The summed E-state index contributed by atoms with van der Waals surface area (Å²) in [5.74, 6) is 0. The standard InChI is InChI=1S/C9H7BrN4O3S/c10-6-3-13(2-5-1-12-9(11)18-5)4-7(8(6)15)14(16)17/h1,3-4H,2H2,(H2,11,12). The zero-order chi connectivity index (χ0) is 13.3. The van der Waals surface area contributed by atoms with Crippen LogP contribution < -0.4 is 11.2 Å². The summed E-state index contributed by atoms with van der Waals surface area (Å²) < 4.78 is 1.69. The van der Waals surface area contributed by atoms with Crippen molar-refractivity contribution in [2.45, 2.75) is 6.54 Å². The third-order valence-electron chi connectivity index (χ3n) is 2.12. The molecule has 0 saturated carbocycles. The molecule has 0 unspecified atom stereocenters. The van der Waals surface area contributed by atoms with Crippen molar-refractivity contribution < 1.29 is 4.92 Å². The minimum atomic E-state index is -0.704. The Morgan fingerprint density at radius 1 is 1.56 bits per heavy atom. The molecule has 0 spiro atoms. The number of nitrogens with two attached hydrogens (primary N) is 1. The molecule has 0 saturated heterocycles. The van der Waals surface area contributed by atoms with Crippen molar-refractivity contribution >= 4 is 38.1 Å². The van der Waals surface area contributed by atoms with E-state index in [9.17, 15) is 14.9 Å². The van der Waals surface area contributed by atoms with Crippen molar-refractivity contribution in [2.75, 3.05) is 5.73 Å². The first-order valence-corrected chi connectivity index (χ1v) is 6.32. The van der Waals surface area contributed by atoms with Gasteiger partial charge in [0, 0.05) is 17.3 Å². The van der Waals surface area contributed by atoms with E-state index < -0.39 is 16.0 Å². The first-order chi connectivity index (χ1) is 8.47. The molecule has 0 aliphatic rings. The monoisotopic (exact) mass is 330 g/mol. The highest BCUT2D eigenvalue weighted by Gasteiger charge is 2.16. The number of aromatic nitrogens is 2. The number of halogens is 1. The summed E-state index contributed by atoms with van der Waals surface area (Å²) in [4.78, 5) is 26.2. The third-order valence-corrected chi connectivity index (χ3v) is 3.50. The maximum atomic E-state index is 11.5. The Bertz CT molecular complexity index is 666. The molecular weight excluding hydrogens is 324 g/mol. The van der Waals surface area contributed by atoms with Crippen molar-refractivity contribution in [1.29, 1.82) is 0 Å². The zero-order valence-corrected chi connectivity index (χ0v) is 11.3. The Labute approximate surface area is 113 Å². The Morgan fingerprint density at radius 2 is 2.28 bits per heavy atom. The second kappa shape index (κ2) is 4.86. The highest BCUT2D eigenvalue weighted by Crippen LogP contribution is 2.17. The van der Waals surface area contributed by atoms with Gasteiger partial charge in [-0.05, 0) is 15.9 Å². The van der Waals surface area contributed by atoms with Crippen LogP contribution in [0.25, 0.3) is 0 Å². The summed E-state index contributed by atoms with van der Waals surface area (Å²) in [5, 5.41) is 11.2. The van der Waals surface area contributed by atoms with Crippen molar-refractivity contribution in [3.63, 3.8) is 0 Å². The molecular formula is C9H7BrN4O3S. The summed E-state index contributed by atoms with van der Waals surface area (Å²) in [6.45, 7) is 0.370. The maximum absolute atomic E-state index is 11.5. The number of hydrogen-bond donors (Lipinski definition) is 1. The second-order valence-electron chi connectivity index (χ2n) is 3.41. The first-order valence-electron chi connectivity index (χ1n) is 4.71. The van der Waals surface area contributed by atoms with Gasteiger partial charge in [0.05, 0.1) is 22.1 Å². The molecule has 2 aromatic rings. The molecule has 0 aromatic carbocycles. The first kappa shape index (κ1) is 12.7. The van der Waals surface area contributed by atoms with Gasteiger partial charge in [0.25, 0.3) is 5.43 Å². The normalized spacial score (nSPS) is 10.5. The van der Waals surface area contributed by atoms with E-state index in [1.54, 1.807) is 6.20 Å². The van der Waals surface area contributed by atoms with Crippen LogP contribution in [-0.2, 0) is 6.54 Å². The summed E-state index contributed by atoms with van der Waals surface area (Å²) in [6.07, 6.45) is 4.28. The number of pyridine rings is 1. The lowest BCUT2D eigenvalue weighted by atomic mass is 10.4. The van der Waals surface area contributed by atoms with E-state index in [0.717, 1.165) is 4.88 Å². The van der Waals surface area contributed by atoms with Gasteiger partial charge in [0.2, 0.25) is 0 Å². The van der Waals surface area contributed by atoms with Crippen LogP contribution in [-0.4, -0.2) is 14.5 Å². The van der Waals surface area contributed by atoms with E-state index in [1.165, 1.54) is 28.3 Å². The quantitative estimate of drug-likeness (QED) is 0.679. The van der Waals surface area contributed by atoms with E-state index in [2.05, 4.69) is 20.9 Å². The lowest BCUT2D eigenvalue weighted by molar-refractivity contribution is -0.386. The second-order valence-corrected chi connectivity index (χ2v) is 5.42. The van der Waals surface area contributed by atoms with Crippen LogP contribution in [0.3, 0.4) is 0 Å². The van der Waals surface area contributed by atoms with Crippen LogP contribution >= 0.6 is 27.3 Å². The smallest absolute Gasteiger partial charge is 0.333 e. The molecule has 7 nitrogen and oxygen atoms in total. The van der Waals surface area contributed by atoms with Gasteiger partial charge in [-0.15, -0.1) is 11.3 Å². The number of thiazole rings is 1. The molecule has 18 heavy (non-hydrogen) atoms. The molecule has 2 heterocycles. The molecule has 0 atom stereocenters. The van der Waals surface area contributed by atoms with Crippen LogP contribution in [0.15, 0.2) is 27.9 Å². The fourth-order valence-electron chi connectivity index (χ4n) is 1.38. The molecule has 0 aliphatic heterocycles. The lowest BCUT2D eigenvalue weighted by Gasteiger charge is -2.04. The third kappa shape index (κ3) is 2.57. The number of anilines is 1. The van der Waals surface area contributed by atoms with Gasteiger partial charge in [0.1, 0.15) is 0 Å². The van der Waals surface area contributed by atoms with E-state index in [-0.39, 0.29) is 4.47 Å². The molecule has 0 fully saturated rings. The minimum absolute atomic E-state index is 0.147. The SMILES string of the molecule is Nc1ncc(Cn2cc(Br)c(=O)c([N+](=O)[O-])c2)s1. The Balaban J connectivity index is 2.40. The van der Waals surface area contributed by atoms with E-state index in [0.29, 0.717) is 11.7 Å². The highest BCUT2D eigenvalue weighted by atomic mass is 79.9. The van der Waals surface area contributed by atoms with Crippen LogP contribution in [0.5, 0.6) is 0 Å². The average Bonchev–Trinajstić information content (AvgIpc) is 2.68. The molecule has 94 valence electrons. The summed E-state index contributed by atoms with van der Waals surface area (Å²) in [7, 11) is 0. The van der Waals surface area contributed by atoms with Crippen LogP contribution in [0.2, 0.25) is 0 Å². The van der Waals surface area contributed by atoms with E-state index in [4.69, 9.17) is 5.73 Å². The zero-order valence-electron chi connectivity index (χ0n) is 8.87. The van der Waals surface area contributed by atoms with E-state index >= 15 is 0 Å². The number of nitro groups is 1. The summed E-state index contributed by atoms with van der Waals surface area (Å²) in [6, 6.07) is 0. The summed E-state index contributed by atoms with van der Waals surface area (Å²) >= 11 is 4.30. The number of rotatable bonds is 3. The maximum Gasteiger partial charge on any atom is 0.333 e. The van der Waals surface area contributed by atoms with Crippen molar-refractivity contribution in [1.82, 2.24) is 9.55 Å². The number of nitrogens with zero attached hydrogens (tertiary/aromatic N) is 3. The number of nitrogen functional groups attached to an aromatic ring is 1. The average molecular weight is 331 g/mol. The molecule has 2 aromatic heterocycles. The van der Waals surface area contributed by atoms with Crippen LogP contribution in [0.4, 0.5) is 10.8 Å². The Hall–Kier alpha value is -1.74. The van der Waals surface area contributed by atoms with Gasteiger partial charge in [-0.25, -0.2) is 4.98 Å². The van der Waals surface area contributed by atoms with Crippen molar-refractivity contribution in [2.24, 2.45) is 0 Å². The Morgan fingerprint density at radius 3 is 2.83 bits per heavy atom. The topological polar surface area (TPSA) is 104 Å². The predicted molar refractivity (Wildman–Crippen MR) is 70.7 cm³/mol.